The molecule has 8 nitrogen and oxygen atoms in total. The number of nitrogens with one attached hydrogen (secondary N) is 1. The molecule has 1 aromatic rings. The Bertz CT molecular complexity index is 789. The fourth-order valence-corrected chi connectivity index (χ4v) is 2.32. The summed E-state index contributed by atoms with van der Waals surface area (Å²) in [6.45, 7) is 2.01. The second-order valence-electron chi connectivity index (χ2n) is 5.56. The molecule has 26 heavy (non-hydrogen) atoms. The van der Waals surface area contributed by atoms with Gasteiger partial charge in [-0.25, -0.2) is 4.98 Å². The Morgan fingerprint density at radius 1 is 1.50 bits per heavy atom. The predicted octanol–water partition coefficient (Wildman–Crippen LogP) is 1.31. The Hall–Kier alpha value is -2.75. The van der Waals surface area contributed by atoms with E-state index in [9.17, 15) is 23.6 Å². The van der Waals surface area contributed by atoms with Crippen LogP contribution in [-0.2, 0) is 16.1 Å². The Morgan fingerprint density at radius 2 is 2.23 bits per heavy atom. The van der Waals surface area contributed by atoms with Crippen LogP contribution in [0, 0.1) is 6.92 Å². The first-order chi connectivity index (χ1) is 12.3. The number of nitrogens with zero attached hydrogens (tertiary/aromatic N) is 3. The van der Waals surface area contributed by atoms with Gasteiger partial charge in [-0.05, 0) is 19.9 Å². The number of hydroxylamine groups is 2. The van der Waals surface area contributed by atoms with Gasteiger partial charge in [0.2, 0.25) is 0 Å². The monoisotopic (exact) mass is 370 g/mol. The number of hydrogen-bond donors (Lipinski definition) is 2. The van der Waals surface area contributed by atoms with E-state index in [0.717, 1.165) is 10.6 Å². The molecular weight excluding hydrogens is 350 g/mol. The molecular formula is C16H20F2N4O4. The summed E-state index contributed by atoms with van der Waals surface area (Å²) in [7, 11) is 0. The van der Waals surface area contributed by atoms with Gasteiger partial charge in [-0.1, -0.05) is 12.2 Å². The summed E-state index contributed by atoms with van der Waals surface area (Å²) in [5.74, 6) is -4.38. The molecule has 0 unspecified atom stereocenters. The summed E-state index contributed by atoms with van der Waals surface area (Å²) >= 11 is 0. The smallest absolute Gasteiger partial charge is 0.326 e. The molecule has 0 aliphatic carbocycles. The number of halogens is 2. The van der Waals surface area contributed by atoms with Crippen LogP contribution < -0.4 is 10.9 Å². The Labute approximate surface area is 148 Å². The topological polar surface area (TPSA) is 96.7 Å². The van der Waals surface area contributed by atoms with Gasteiger partial charge >= 0.3 is 11.9 Å². The van der Waals surface area contributed by atoms with Gasteiger partial charge in [0.15, 0.2) is 5.82 Å². The molecule has 0 radical (unpaired) electrons. The molecule has 2 N–H and O–H groups in total. The molecule has 2 rings (SSSR count). The molecule has 0 aromatic carbocycles. The van der Waals surface area contributed by atoms with E-state index in [0.29, 0.717) is 10.8 Å². The maximum absolute atomic E-state index is 14.3. The van der Waals surface area contributed by atoms with Gasteiger partial charge < -0.3 is 10.1 Å². The SMILES string of the molecule is CCOC(=O)Cn1c(C)cnc(NCC(F)(F)C2=CC=CCN2O)c1=O. The van der Waals surface area contributed by atoms with Crippen LogP contribution in [0.1, 0.15) is 12.6 Å². The van der Waals surface area contributed by atoms with Crippen molar-refractivity contribution in [2.75, 3.05) is 25.0 Å². The highest BCUT2D eigenvalue weighted by Gasteiger charge is 2.38. The number of anilines is 1. The van der Waals surface area contributed by atoms with E-state index in [1.165, 1.54) is 18.3 Å². The highest BCUT2D eigenvalue weighted by atomic mass is 19.3. The maximum atomic E-state index is 14.3. The maximum Gasteiger partial charge on any atom is 0.326 e. The Morgan fingerprint density at radius 3 is 2.88 bits per heavy atom. The molecule has 1 aliphatic heterocycles. The summed E-state index contributed by atoms with van der Waals surface area (Å²) < 4.78 is 34.5. The molecule has 1 aromatic heterocycles. The zero-order valence-corrected chi connectivity index (χ0v) is 14.4. The summed E-state index contributed by atoms with van der Waals surface area (Å²) in [4.78, 5) is 27.8. The van der Waals surface area contributed by atoms with E-state index in [1.54, 1.807) is 13.8 Å². The van der Waals surface area contributed by atoms with Gasteiger partial charge in [-0.15, -0.1) is 0 Å². The van der Waals surface area contributed by atoms with E-state index in [-0.39, 0.29) is 25.5 Å². The average Bonchev–Trinajstić information content (AvgIpc) is 2.58. The van der Waals surface area contributed by atoms with Crippen molar-refractivity contribution in [2.45, 2.75) is 26.3 Å². The molecule has 0 atom stereocenters. The summed E-state index contributed by atoms with van der Waals surface area (Å²) in [5, 5.41) is 12.3. The quantitative estimate of drug-likeness (QED) is 0.699. The molecule has 0 saturated heterocycles. The molecule has 142 valence electrons. The zero-order chi connectivity index (χ0) is 19.3. The van der Waals surface area contributed by atoms with Gasteiger partial charge in [0, 0.05) is 11.9 Å². The van der Waals surface area contributed by atoms with Gasteiger partial charge in [0.25, 0.3) is 5.56 Å². The van der Waals surface area contributed by atoms with E-state index in [1.807, 2.05) is 0 Å². The van der Waals surface area contributed by atoms with E-state index < -0.39 is 29.7 Å². The molecule has 2 heterocycles. The predicted molar refractivity (Wildman–Crippen MR) is 89.0 cm³/mol. The van der Waals surface area contributed by atoms with Crippen LogP contribution in [-0.4, -0.2) is 51.4 Å². The van der Waals surface area contributed by atoms with Crippen LogP contribution in [0.5, 0.6) is 0 Å². The third kappa shape index (κ3) is 4.45. The Balaban J connectivity index is 2.17. The van der Waals surface area contributed by atoms with Crippen LogP contribution in [0.2, 0.25) is 0 Å². The molecule has 1 aliphatic rings. The van der Waals surface area contributed by atoms with Crippen molar-refractivity contribution in [3.63, 3.8) is 0 Å². The largest absolute Gasteiger partial charge is 0.465 e. The first-order valence-corrected chi connectivity index (χ1v) is 7.93. The first-order valence-electron chi connectivity index (χ1n) is 7.93. The standard InChI is InChI=1S/C16H20F2N4O4/c1-3-26-13(23)9-21-11(2)8-19-14(15(21)24)20-10-16(17,18)12-6-4-5-7-22(12)25/h4-6,8,25H,3,7,9-10H2,1-2H3,(H,19,20). The highest BCUT2D eigenvalue weighted by Crippen LogP contribution is 2.27. The van der Waals surface area contributed by atoms with Crippen molar-refractivity contribution < 1.29 is 23.5 Å². The van der Waals surface area contributed by atoms with Crippen LogP contribution in [0.25, 0.3) is 0 Å². The van der Waals surface area contributed by atoms with Crippen LogP contribution in [0.4, 0.5) is 14.6 Å². The lowest BCUT2D eigenvalue weighted by Crippen LogP contribution is -2.40. The molecule has 0 saturated carbocycles. The highest BCUT2D eigenvalue weighted by molar-refractivity contribution is 5.69. The number of hydrogen-bond acceptors (Lipinski definition) is 7. The second-order valence-corrected chi connectivity index (χ2v) is 5.56. The van der Waals surface area contributed by atoms with E-state index in [2.05, 4.69) is 10.3 Å². The van der Waals surface area contributed by atoms with Crippen LogP contribution in [0.15, 0.2) is 34.9 Å². The first kappa shape index (κ1) is 19.6. The fraction of sp³-hybridized carbons (Fsp3) is 0.438. The number of ether oxygens (including phenoxy) is 1. The minimum atomic E-state index is -3.44. The van der Waals surface area contributed by atoms with Gasteiger partial charge in [0.1, 0.15) is 12.2 Å². The van der Waals surface area contributed by atoms with Crippen LogP contribution >= 0.6 is 0 Å². The van der Waals surface area contributed by atoms with Crippen molar-refractivity contribution in [1.29, 1.82) is 0 Å². The van der Waals surface area contributed by atoms with Crippen molar-refractivity contribution in [3.8, 4) is 0 Å². The van der Waals surface area contributed by atoms with E-state index >= 15 is 0 Å². The molecule has 0 fully saturated rings. The summed E-state index contributed by atoms with van der Waals surface area (Å²) in [6, 6.07) is 0. The lowest BCUT2D eigenvalue weighted by atomic mass is 10.1. The van der Waals surface area contributed by atoms with Crippen molar-refractivity contribution >= 4 is 11.8 Å². The number of allylic oxidation sites excluding steroid dienone is 2. The van der Waals surface area contributed by atoms with E-state index in [4.69, 9.17) is 4.74 Å². The molecule has 0 amide bonds. The number of carbonyl (C=O) groups is 1. The summed E-state index contributed by atoms with van der Waals surface area (Å²) in [6.07, 6.45) is 5.31. The number of rotatable bonds is 7. The van der Waals surface area contributed by atoms with Crippen molar-refractivity contribution in [2.24, 2.45) is 0 Å². The van der Waals surface area contributed by atoms with Crippen LogP contribution in [0.3, 0.4) is 0 Å². The number of carbonyl (C=O) groups excluding carboxylic acids is 1. The number of aromatic nitrogens is 2. The van der Waals surface area contributed by atoms with Gasteiger partial charge in [0.05, 0.1) is 19.7 Å². The molecule has 10 heteroatoms. The lowest BCUT2D eigenvalue weighted by molar-refractivity contribution is -0.143. The number of aryl methyl sites for hydroxylation is 1. The lowest BCUT2D eigenvalue weighted by Gasteiger charge is -2.28. The van der Waals surface area contributed by atoms with Crippen molar-refractivity contribution in [3.05, 3.63) is 46.2 Å². The normalized spacial score (nSPS) is 14.2. The zero-order valence-electron chi connectivity index (χ0n) is 14.4. The number of esters is 1. The third-order valence-electron chi connectivity index (χ3n) is 3.65. The second kappa shape index (κ2) is 8.09. The Kier molecular flexibility index (Phi) is 6.09. The van der Waals surface area contributed by atoms with Gasteiger partial charge in [-0.2, -0.15) is 8.78 Å². The third-order valence-corrected chi connectivity index (χ3v) is 3.65. The molecule has 0 bridgehead atoms. The van der Waals surface area contributed by atoms with Crippen molar-refractivity contribution in [1.82, 2.24) is 14.6 Å². The molecule has 0 spiro atoms. The minimum Gasteiger partial charge on any atom is -0.465 e. The number of alkyl halides is 2. The minimum absolute atomic E-state index is 0.0590. The average molecular weight is 370 g/mol. The summed E-state index contributed by atoms with van der Waals surface area (Å²) in [5.41, 5.74) is -0.916. The van der Waals surface area contributed by atoms with Gasteiger partial charge in [-0.3, -0.25) is 24.4 Å². The fourth-order valence-electron chi connectivity index (χ4n) is 2.32.